The van der Waals surface area contributed by atoms with Crippen molar-refractivity contribution in [1.29, 1.82) is 0 Å². The van der Waals surface area contributed by atoms with E-state index in [2.05, 4.69) is 10.3 Å². The van der Waals surface area contributed by atoms with Gasteiger partial charge in [0.05, 0.1) is 29.4 Å². The fourth-order valence-corrected chi connectivity index (χ4v) is 2.67. The van der Waals surface area contributed by atoms with Crippen LogP contribution in [0.3, 0.4) is 0 Å². The minimum Gasteiger partial charge on any atom is -0.465 e. The van der Waals surface area contributed by atoms with Gasteiger partial charge in [-0.15, -0.1) is 0 Å². The molecule has 3 aromatic rings. The number of nitrogens with one attached hydrogen (secondary N) is 2. The highest BCUT2D eigenvalue weighted by molar-refractivity contribution is 6.15. The van der Waals surface area contributed by atoms with E-state index in [-0.39, 0.29) is 11.1 Å². The molecule has 0 radical (unpaired) electrons. The molecule has 1 aromatic heterocycles. The lowest BCUT2D eigenvalue weighted by Gasteiger charge is -2.09. The number of methoxy groups -OCH3 is 1. The first kappa shape index (κ1) is 15.7. The van der Waals surface area contributed by atoms with Crippen LogP contribution in [0.25, 0.3) is 10.9 Å². The lowest BCUT2D eigenvalue weighted by molar-refractivity contribution is 0.0602. The zero-order chi connectivity index (χ0) is 17.3. The van der Waals surface area contributed by atoms with Gasteiger partial charge in [-0.1, -0.05) is 24.3 Å². The summed E-state index contributed by atoms with van der Waals surface area (Å²) in [7, 11) is 1.27. The van der Waals surface area contributed by atoms with E-state index < -0.39 is 17.7 Å². The third-order valence-corrected chi connectivity index (χ3v) is 3.78. The molecule has 0 fully saturated rings. The minimum atomic E-state index is -0.549. The summed E-state index contributed by atoms with van der Waals surface area (Å²) in [6.45, 7) is 1.70. The highest BCUT2D eigenvalue weighted by Gasteiger charge is 2.20. The molecule has 122 valence electrons. The van der Waals surface area contributed by atoms with Gasteiger partial charge >= 0.3 is 5.97 Å². The molecule has 2 N–H and O–H groups in total. The molecule has 0 aliphatic heterocycles. The fourth-order valence-electron chi connectivity index (χ4n) is 2.67. The van der Waals surface area contributed by atoms with E-state index >= 15 is 0 Å². The topological polar surface area (TPSA) is 71.2 Å². The van der Waals surface area contributed by atoms with Crippen molar-refractivity contribution in [3.8, 4) is 0 Å². The molecule has 3 rings (SSSR count). The number of carbonyl (C=O) groups excluding carboxylic acids is 2. The van der Waals surface area contributed by atoms with Gasteiger partial charge in [0.15, 0.2) is 0 Å². The molecule has 1 heterocycles. The number of fused-ring (bicyclic) bond motifs is 1. The van der Waals surface area contributed by atoms with Crippen molar-refractivity contribution in [3.63, 3.8) is 0 Å². The number of benzene rings is 2. The summed E-state index contributed by atoms with van der Waals surface area (Å²) >= 11 is 0. The second-order valence-corrected chi connectivity index (χ2v) is 5.28. The Morgan fingerprint density at radius 3 is 2.62 bits per heavy atom. The number of amides is 1. The van der Waals surface area contributed by atoms with Crippen LogP contribution in [0.1, 0.15) is 26.4 Å². The van der Waals surface area contributed by atoms with Gasteiger partial charge in [0.2, 0.25) is 0 Å². The van der Waals surface area contributed by atoms with Crippen LogP contribution in [0.2, 0.25) is 0 Å². The van der Waals surface area contributed by atoms with Crippen LogP contribution >= 0.6 is 0 Å². The van der Waals surface area contributed by atoms with Gasteiger partial charge in [-0.2, -0.15) is 0 Å². The van der Waals surface area contributed by atoms with Gasteiger partial charge < -0.3 is 15.0 Å². The highest BCUT2D eigenvalue weighted by atomic mass is 19.1. The summed E-state index contributed by atoms with van der Waals surface area (Å²) in [4.78, 5) is 27.4. The quantitative estimate of drug-likeness (QED) is 0.722. The maximum absolute atomic E-state index is 13.9. The number of H-pyrrole nitrogens is 1. The molecular formula is C18H15FN2O3. The number of aryl methyl sites for hydroxylation is 1. The first-order valence-corrected chi connectivity index (χ1v) is 7.28. The third kappa shape index (κ3) is 2.62. The largest absolute Gasteiger partial charge is 0.465 e. The number of aromatic nitrogens is 1. The fraction of sp³-hybridized carbons (Fsp3) is 0.111. The van der Waals surface area contributed by atoms with Gasteiger partial charge in [-0.3, -0.25) is 4.79 Å². The Morgan fingerprint density at radius 2 is 1.88 bits per heavy atom. The number of aromatic amines is 1. The van der Waals surface area contributed by atoms with E-state index in [0.29, 0.717) is 22.3 Å². The maximum atomic E-state index is 13.9. The van der Waals surface area contributed by atoms with Crippen molar-refractivity contribution in [2.24, 2.45) is 0 Å². The predicted octanol–water partition coefficient (Wildman–Crippen LogP) is 3.65. The van der Waals surface area contributed by atoms with Crippen molar-refractivity contribution in [3.05, 3.63) is 65.1 Å². The number of esters is 1. The van der Waals surface area contributed by atoms with E-state index in [4.69, 9.17) is 4.74 Å². The first-order valence-electron chi connectivity index (χ1n) is 7.28. The summed E-state index contributed by atoms with van der Waals surface area (Å²) < 4.78 is 18.6. The predicted molar refractivity (Wildman–Crippen MR) is 88.7 cm³/mol. The van der Waals surface area contributed by atoms with Crippen LogP contribution in [0, 0.1) is 12.7 Å². The normalized spacial score (nSPS) is 10.6. The Hall–Kier alpha value is -3.15. The average molecular weight is 326 g/mol. The highest BCUT2D eigenvalue weighted by Crippen LogP contribution is 2.26. The van der Waals surface area contributed by atoms with Crippen LogP contribution < -0.4 is 5.32 Å². The second-order valence-electron chi connectivity index (χ2n) is 5.28. The van der Waals surface area contributed by atoms with Gasteiger partial charge in [0.25, 0.3) is 5.91 Å². The van der Waals surface area contributed by atoms with Crippen LogP contribution in [0.15, 0.2) is 42.5 Å². The van der Waals surface area contributed by atoms with Crippen LogP contribution in [-0.2, 0) is 4.74 Å². The van der Waals surface area contributed by atoms with Crippen LogP contribution in [-0.4, -0.2) is 24.0 Å². The summed E-state index contributed by atoms with van der Waals surface area (Å²) in [6, 6.07) is 11.1. The number of hydrogen-bond donors (Lipinski definition) is 2. The van der Waals surface area contributed by atoms with Gasteiger partial charge in [-0.25, -0.2) is 9.18 Å². The smallest absolute Gasteiger partial charge is 0.339 e. The summed E-state index contributed by atoms with van der Waals surface area (Å²) in [5, 5.41) is 3.18. The molecular weight excluding hydrogens is 311 g/mol. The lowest BCUT2D eigenvalue weighted by atomic mass is 10.1. The molecule has 0 saturated carbocycles. The van der Waals surface area contributed by atoms with Gasteiger partial charge in [0, 0.05) is 11.1 Å². The number of halogens is 1. The molecule has 24 heavy (non-hydrogen) atoms. The SMILES string of the molecule is COC(=O)c1ccccc1NC(=O)c1c(C)[nH]c2c(F)cccc12. The van der Waals surface area contributed by atoms with E-state index in [0.717, 1.165) is 0 Å². The van der Waals surface area contributed by atoms with Crippen molar-refractivity contribution < 1.29 is 18.7 Å². The van der Waals surface area contributed by atoms with Crippen molar-refractivity contribution in [2.45, 2.75) is 6.92 Å². The summed E-state index contributed by atoms with van der Waals surface area (Å²) in [5.41, 5.74) is 1.74. The molecule has 0 bridgehead atoms. The maximum Gasteiger partial charge on any atom is 0.339 e. The number of rotatable bonds is 3. The Labute approximate surface area is 137 Å². The van der Waals surface area contributed by atoms with Crippen LogP contribution in [0.5, 0.6) is 0 Å². The molecule has 0 atom stereocenters. The summed E-state index contributed by atoms with van der Waals surface area (Å²) in [5.74, 6) is -1.40. The standard InChI is InChI=1S/C18H15FN2O3/c1-10-15(12-7-5-8-13(19)16(12)20-10)17(22)21-14-9-4-3-6-11(14)18(23)24-2/h3-9,20H,1-2H3,(H,21,22). The number of carbonyl (C=O) groups is 2. The molecule has 0 unspecified atom stereocenters. The van der Waals surface area contributed by atoms with E-state index in [1.165, 1.54) is 13.2 Å². The van der Waals surface area contributed by atoms with E-state index in [9.17, 15) is 14.0 Å². The Morgan fingerprint density at radius 1 is 1.12 bits per heavy atom. The second kappa shape index (κ2) is 6.16. The Balaban J connectivity index is 2.02. The zero-order valence-corrected chi connectivity index (χ0v) is 13.1. The van der Waals surface area contributed by atoms with Crippen LogP contribution in [0.4, 0.5) is 10.1 Å². The van der Waals surface area contributed by atoms with Crippen molar-refractivity contribution >= 4 is 28.5 Å². The molecule has 0 aliphatic rings. The molecule has 1 amide bonds. The number of ether oxygens (including phenoxy) is 1. The monoisotopic (exact) mass is 326 g/mol. The molecule has 5 nitrogen and oxygen atoms in total. The third-order valence-electron chi connectivity index (χ3n) is 3.78. The average Bonchev–Trinajstić information content (AvgIpc) is 2.92. The molecule has 6 heteroatoms. The van der Waals surface area contributed by atoms with Gasteiger partial charge in [-0.05, 0) is 25.1 Å². The van der Waals surface area contributed by atoms with Crippen molar-refractivity contribution in [1.82, 2.24) is 4.98 Å². The van der Waals surface area contributed by atoms with Crippen molar-refractivity contribution in [2.75, 3.05) is 12.4 Å². The molecule has 0 spiro atoms. The number of anilines is 1. The Kier molecular flexibility index (Phi) is 4.04. The lowest BCUT2D eigenvalue weighted by Crippen LogP contribution is -2.16. The molecule has 0 aliphatic carbocycles. The first-order chi connectivity index (χ1) is 11.5. The molecule has 2 aromatic carbocycles. The number of hydrogen-bond acceptors (Lipinski definition) is 3. The van der Waals surface area contributed by atoms with Gasteiger partial charge in [0.1, 0.15) is 5.82 Å². The Bertz CT molecular complexity index is 947. The minimum absolute atomic E-state index is 0.247. The number of para-hydroxylation sites is 2. The van der Waals surface area contributed by atoms with E-state index in [1.807, 2.05) is 0 Å². The zero-order valence-electron chi connectivity index (χ0n) is 13.1. The molecule has 0 saturated heterocycles. The van der Waals surface area contributed by atoms with E-state index in [1.54, 1.807) is 43.3 Å². The summed E-state index contributed by atoms with van der Waals surface area (Å²) in [6.07, 6.45) is 0.